The molecule has 2 heterocycles. The van der Waals surface area contributed by atoms with Crippen molar-refractivity contribution in [2.75, 3.05) is 0 Å². The van der Waals surface area contributed by atoms with E-state index >= 15 is 0 Å². The number of halogens is 1. The third-order valence-corrected chi connectivity index (χ3v) is 1.69. The minimum Gasteiger partial charge on any atom is -0.360 e. The molecule has 0 aliphatic heterocycles. The smallest absolute Gasteiger partial charge is 0.213 e. The van der Waals surface area contributed by atoms with Gasteiger partial charge in [-0.3, -0.25) is 0 Å². The van der Waals surface area contributed by atoms with Crippen LogP contribution in [0, 0.1) is 12.9 Å². The zero-order valence-corrected chi connectivity index (χ0v) is 6.06. The van der Waals surface area contributed by atoms with Gasteiger partial charge in [0.15, 0.2) is 0 Å². The second-order valence-corrected chi connectivity index (χ2v) is 2.47. The number of aryl methyl sites for hydroxylation is 1. The first-order valence-electron chi connectivity index (χ1n) is 3.37. The molecule has 0 amide bonds. The van der Waals surface area contributed by atoms with Gasteiger partial charge in [-0.05, 0) is 13.0 Å². The minimum atomic E-state index is -0.422. The van der Waals surface area contributed by atoms with Gasteiger partial charge in [0.2, 0.25) is 5.95 Å². The summed E-state index contributed by atoms with van der Waals surface area (Å²) < 4.78 is 12.6. The zero-order valence-electron chi connectivity index (χ0n) is 6.06. The number of hydrogen-bond acceptors (Lipinski definition) is 1. The lowest BCUT2D eigenvalue weighted by Crippen LogP contribution is -1.86. The topological polar surface area (TPSA) is 28.7 Å². The van der Waals surface area contributed by atoms with Crippen LogP contribution in [-0.4, -0.2) is 9.97 Å². The molecule has 0 aromatic carbocycles. The molecule has 2 aromatic rings. The maximum Gasteiger partial charge on any atom is 0.213 e. The Morgan fingerprint density at radius 1 is 1.55 bits per heavy atom. The quantitative estimate of drug-likeness (QED) is 0.572. The molecule has 0 aliphatic carbocycles. The van der Waals surface area contributed by atoms with Gasteiger partial charge in [0, 0.05) is 17.6 Å². The summed E-state index contributed by atoms with van der Waals surface area (Å²) in [5.74, 6) is -0.422. The largest absolute Gasteiger partial charge is 0.360 e. The van der Waals surface area contributed by atoms with Crippen LogP contribution in [0.4, 0.5) is 4.39 Å². The van der Waals surface area contributed by atoms with Crippen LogP contribution in [0.25, 0.3) is 10.9 Å². The fraction of sp³-hybridized carbons (Fsp3) is 0.125. The molecule has 0 saturated heterocycles. The maximum atomic E-state index is 12.6. The summed E-state index contributed by atoms with van der Waals surface area (Å²) >= 11 is 0. The molecule has 56 valence electrons. The fourth-order valence-electron chi connectivity index (χ4n) is 1.19. The highest BCUT2D eigenvalue weighted by Crippen LogP contribution is 2.14. The molecule has 1 N–H and O–H groups in total. The summed E-state index contributed by atoms with van der Waals surface area (Å²) in [6.07, 6.45) is 1.78. The number of fused-ring (bicyclic) bond motifs is 1. The number of aromatic nitrogens is 2. The summed E-state index contributed by atoms with van der Waals surface area (Å²) in [6.45, 7) is 1.78. The molecule has 0 aliphatic rings. The Morgan fingerprint density at radius 2 is 2.36 bits per heavy atom. The Hall–Kier alpha value is -1.38. The molecule has 0 spiro atoms. The van der Waals surface area contributed by atoms with E-state index in [1.807, 2.05) is 6.07 Å². The van der Waals surface area contributed by atoms with Gasteiger partial charge in [0.05, 0.1) is 11.2 Å². The number of rotatable bonds is 0. The van der Waals surface area contributed by atoms with Gasteiger partial charge in [-0.25, -0.2) is 4.98 Å². The van der Waals surface area contributed by atoms with Gasteiger partial charge in [-0.15, -0.1) is 0 Å². The third kappa shape index (κ3) is 0.888. The summed E-state index contributed by atoms with van der Waals surface area (Å²) in [5, 5.41) is 0.870. The van der Waals surface area contributed by atoms with E-state index in [0.29, 0.717) is 5.69 Å². The van der Waals surface area contributed by atoms with E-state index in [4.69, 9.17) is 0 Å². The molecule has 0 unspecified atom stereocenters. The van der Waals surface area contributed by atoms with Crippen LogP contribution in [0.15, 0.2) is 18.3 Å². The molecule has 2 aromatic heterocycles. The zero-order chi connectivity index (χ0) is 7.84. The van der Waals surface area contributed by atoms with Crippen molar-refractivity contribution in [1.29, 1.82) is 0 Å². The lowest BCUT2D eigenvalue weighted by Gasteiger charge is -1.94. The van der Waals surface area contributed by atoms with Crippen LogP contribution in [0.5, 0.6) is 0 Å². The third-order valence-electron chi connectivity index (χ3n) is 1.69. The molecule has 0 saturated carbocycles. The molecule has 2 rings (SSSR count). The normalized spacial score (nSPS) is 10.7. The molecule has 11 heavy (non-hydrogen) atoms. The molecule has 0 bridgehead atoms. The fourth-order valence-corrected chi connectivity index (χ4v) is 1.19. The van der Waals surface area contributed by atoms with E-state index in [9.17, 15) is 4.39 Å². The standard InChI is InChI=1S/C8H7FN2/c1-5-8-6(2-3-10-8)4-7(9)11-5/h2-4,10H,1H3. The first kappa shape index (κ1) is 6.34. The number of nitrogens with zero attached hydrogens (tertiary/aromatic N) is 1. The SMILES string of the molecule is Cc1nc(F)cc2cc[nH]c12. The van der Waals surface area contributed by atoms with Crippen molar-refractivity contribution >= 4 is 10.9 Å². The number of pyridine rings is 1. The van der Waals surface area contributed by atoms with Gasteiger partial charge < -0.3 is 4.98 Å². The molecular formula is C8H7FN2. The van der Waals surface area contributed by atoms with Gasteiger partial charge >= 0.3 is 0 Å². The van der Waals surface area contributed by atoms with Crippen molar-refractivity contribution in [3.63, 3.8) is 0 Å². The second kappa shape index (κ2) is 2.05. The second-order valence-electron chi connectivity index (χ2n) is 2.47. The van der Waals surface area contributed by atoms with E-state index in [0.717, 1.165) is 10.9 Å². The Labute approximate surface area is 63.1 Å². The van der Waals surface area contributed by atoms with Crippen LogP contribution in [0.1, 0.15) is 5.69 Å². The van der Waals surface area contributed by atoms with Gasteiger partial charge in [0.1, 0.15) is 0 Å². The molecule has 2 nitrogen and oxygen atoms in total. The average molecular weight is 150 g/mol. The lowest BCUT2D eigenvalue weighted by atomic mass is 10.3. The van der Waals surface area contributed by atoms with E-state index < -0.39 is 5.95 Å². The van der Waals surface area contributed by atoms with Crippen molar-refractivity contribution in [1.82, 2.24) is 9.97 Å². The van der Waals surface area contributed by atoms with Crippen molar-refractivity contribution in [2.24, 2.45) is 0 Å². The number of hydrogen-bond donors (Lipinski definition) is 1. The number of aromatic amines is 1. The summed E-state index contributed by atoms with van der Waals surface area (Å²) in [6, 6.07) is 3.24. The predicted octanol–water partition coefficient (Wildman–Crippen LogP) is 2.01. The van der Waals surface area contributed by atoms with Crippen molar-refractivity contribution in [2.45, 2.75) is 6.92 Å². The Morgan fingerprint density at radius 3 is 3.18 bits per heavy atom. The van der Waals surface area contributed by atoms with E-state index in [1.165, 1.54) is 6.07 Å². The lowest BCUT2D eigenvalue weighted by molar-refractivity contribution is 0.583. The van der Waals surface area contributed by atoms with Crippen molar-refractivity contribution in [3.05, 3.63) is 30.0 Å². The van der Waals surface area contributed by atoms with Gasteiger partial charge in [-0.1, -0.05) is 0 Å². The first-order chi connectivity index (χ1) is 5.27. The molecule has 0 atom stereocenters. The van der Waals surface area contributed by atoms with Gasteiger partial charge in [0.25, 0.3) is 0 Å². The van der Waals surface area contributed by atoms with Crippen LogP contribution in [-0.2, 0) is 0 Å². The highest BCUT2D eigenvalue weighted by molar-refractivity contribution is 5.80. The number of H-pyrrole nitrogens is 1. The van der Waals surface area contributed by atoms with Crippen LogP contribution in [0.3, 0.4) is 0 Å². The Kier molecular flexibility index (Phi) is 1.18. The first-order valence-corrected chi connectivity index (χ1v) is 3.37. The Bertz CT molecular complexity index is 392. The minimum absolute atomic E-state index is 0.422. The number of nitrogens with one attached hydrogen (secondary N) is 1. The van der Waals surface area contributed by atoms with E-state index in [2.05, 4.69) is 9.97 Å². The van der Waals surface area contributed by atoms with E-state index in [1.54, 1.807) is 13.1 Å². The molecule has 0 radical (unpaired) electrons. The van der Waals surface area contributed by atoms with Crippen LogP contribution >= 0.6 is 0 Å². The maximum absolute atomic E-state index is 12.6. The molecule has 3 heteroatoms. The summed E-state index contributed by atoms with van der Waals surface area (Å²) in [4.78, 5) is 6.66. The van der Waals surface area contributed by atoms with Crippen LogP contribution in [0.2, 0.25) is 0 Å². The molecule has 0 fully saturated rings. The van der Waals surface area contributed by atoms with Crippen LogP contribution < -0.4 is 0 Å². The summed E-state index contributed by atoms with van der Waals surface area (Å²) in [5.41, 5.74) is 1.61. The molecular weight excluding hydrogens is 143 g/mol. The van der Waals surface area contributed by atoms with E-state index in [-0.39, 0.29) is 0 Å². The predicted molar refractivity (Wildman–Crippen MR) is 40.8 cm³/mol. The van der Waals surface area contributed by atoms with Crippen molar-refractivity contribution < 1.29 is 4.39 Å². The monoisotopic (exact) mass is 150 g/mol. The van der Waals surface area contributed by atoms with Gasteiger partial charge in [-0.2, -0.15) is 4.39 Å². The highest BCUT2D eigenvalue weighted by atomic mass is 19.1. The Balaban J connectivity index is 2.91. The highest BCUT2D eigenvalue weighted by Gasteiger charge is 2.01. The van der Waals surface area contributed by atoms with Crippen molar-refractivity contribution in [3.8, 4) is 0 Å². The summed E-state index contributed by atoms with van der Waals surface area (Å²) in [7, 11) is 0. The average Bonchev–Trinajstić information content (AvgIpc) is 2.34.